The summed E-state index contributed by atoms with van der Waals surface area (Å²) in [4.78, 5) is 41.0. The first-order chi connectivity index (χ1) is 12.6. The summed E-state index contributed by atoms with van der Waals surface area (Å²) in [5.74, 6) is -1.11. The molecule has 144 valence electrons. The summed E-state index contributed by atoms with van der Waals surface area (Å²) in [6.07, 6.45) is 0.493. The summed E-state index contributed by atoms with van der Waals surface area (Å²) in [5, 5.41) is 0. The second-order valence-electron chi connectivity index (χ2n) is 7.49. The molecule has 0 radical (unpaired) electrons. The van der Waals surface area contributed by atoms with Crippen molar-refractivity contribution in [3.05, 3.63) is 59.4 Å². The van der Waals surface area contributed by atoms with E-state index in [0.717, 1.165) is 5.56 Å². The first kappa shape index (κ1) is 20.4. The number of ether oxygens (including phenoxy) is 1. The highest BCUT2D eigenvalue weighted by Crippen LogP contribution is 2.20. The van der Waals surface area contributed by atoms with E-state index in [1.54, 1.807) is 11.8 Å². The van der Waals surface area contributed by atoms with Crippen LogP contribution in [0.3, 0.4) is 0 Å². The Balaban J connectivity index is 2.11. The number of amides is 1. The Morgan fingerprint density at radius 3 is 2.30 bits per heavy atom. The van der Waals surface area contributed by atoms with Crippen LogP contribution in [0.4, 0.5) is 0 Å². The molecule has 0 aliphatic rings. The smallest absolute Gasteiger partial charge is 0.355 e. The van der Waals surface area contributed by atoms with Gasteiger partial charge in [-0.3, -0.25) is 9.59 Å². The number of nitrogens with zero attached hydrogens (tertiary/aromatic N) is 1. The molecule has 0 aliphatic heterocycles. The predicted octanol–water partition coefficient (Wildman–Crippen LogP) is 3.59. The molecule has 0 saturated carbocycles. The summed E-state index contributed by atoms with van der Waals surface area (Å²) in [6, 6.07) is 11.1. The van der Waals surface area contributed by atoms with Crippen LogP contribution in [0, 0.1) is 0 Å². The molecule has 1 atom stereocenters. The van der Waals surface area contributed by atoms with Gasteiger partial charge in [0.2, 0.25) is 0 Å². The SMILES string of the molecule is CC(=O)c1c[nH]c(C(=O)O[C@@H](C)C(=O)N(Cc2ccccc2)C(C)(C)C)c1. The molecular weight excluding hydrogens is 344 g/mol. The molecule has 0 aliphatic carbocycles. The molecule has 1 aromatic heterocycles. The van der Waals surface area contributed by atoms with Crippen LogP contribution in [0.15, 0.2) is 42.6 Å². The number of rotatable bonds is 6. The van der Waals surface area contributed by atoms with E-state index in [9.17, 15) is 14.4 Å². The molecule has 6 nitrogen and oxygen atoms in total. The van der Waals surface area contributed by atoms with Crippen molar-refractivity contribution in [1.82, 2.24) is 9.88 Å². The lowest BCUT2D eigenvalue weighted by Crippen LogP contribution is -2.49. The van der Waals surface area contributed by atoms with Gasteiger partial charge < -0.3 is 14.6 Å². The fourth-order valence-electron chi connectivity index (χ4n) is 2.62. The van der Waals surface area contributed by atoms with Gasteiger partial charge in [-0.1, -0.05) is 30.3 Å². The van der Waals surface area contributed by atoms with Crippen molar-refractivity contribution in [1.29, 1.82) is 0 Å². The quantitative estimate of drug-likeness (QED) is 0.622. The van der Waals surface area contributed by atoms with Crippen LogP contribution in [0.25, 0.3) is 0 Å². The molecule has 27 heavy (non-hydrogen) atoms. The van der Waals surface area contributed by atoms with Crippen LogP contribution in [-0.2, 0) is 16.1 Å². The number of ketones is 1. The topological polar surface area (TPSA) is 79.5 Å². The number of Topliss-reactive ketones (excluding diaryl/α,β-unsaturated/α-hetero) is 1. The van der Waals surface area contributed by atoms with E-state index in [-0.39, 0.29) is 17.4 Å². The van der Waals surface area contributed by atoms with Gasteiger partial charge in [-0.25, -0.2) is 4.79 Å². The molecule has 1 aromatic carbocycles. The van der Waals surface area contributed by atoms with Crippen molar-refractivity contribution in [3.63, 3.8) is 0 Å². The Kier molecular flexibility index (Phi) is 6.20. The maximum Gasteiger partial charge on any atom is 0.355 e. The number of hydrogen-bond donors (Lipinski definition) is 1. The van der Waals surface area contributed by atoms with Crippen molar-refractivity contribution in [3.8, 4) is 0 Å². The minimum absolute atomic E-state index is 0.144. The summed E-state index contributed by atoms with van der Waals surface area (Å²) in [7, 11) is 0. The number of aromatic amines is 1. The number of benzene rings is 1. The van der Waals surface area contributed by atoms with Crippen LogP contribution in [-0.4, -0.2) is 39.2 Å². The summed E-state index contributed by atoms with van der Waals surface area (Å²) in [5.41, 5.74) is 1.09. The molecule has 0 spiro atoms. The van der Waals surface area contributed by atoms with Crippen molar-refractivity contribution < 1.29 is 19.1 Å². The zero-order chi connectivity index (χ0) is 20.2. The van der Waals surface area contributed by atoms with Gasteiger partial charge in [0.15, 0.2) is 11.9 Å². The molecule has 1 N–H and O–H groups in total. The average Bonchev–Trinajstić information content (AvgIpc) is 3.09. The van der Waals surface area contributed by atoms with E-state index in [1.807, 2.05) is 51.1 Å². The first-order valence-corrected chi connectivity index (χ1v) is 8.85. The Morgan fingerprint density at radius 2 is 1.78 bits per heavy atom. The van der Waals surface area contributed by atoms with E-state index in [1.165, 1.54) is 19.2 Å². The van der Waals surface area contributed by atoms with Crippen LogP contribution in [0.5, 0.6) is 0 Å². The van der Waals surface area contributed by atoms with Gasteiger partial charge in [0.05, 0.1) is 0 Å². The van der Waals surface area contributed by atoms with Gasteiger partial charge in [0.1, 0.15) is 5.69 Å². The highest BCUT2D eigenvalue weighted by molar-refractivity contribution is 5.98. The maximum absolute atomic E-state index is 13.0. The Morgan fingerprint density at radius 1 is 1.15 bits per heavy atom. The van der Waals surface area contributed by atoms with Crippen LogP contribution < -0.4 is 0 Å². The third-order valence-electron chi connectivity index (χ3n) is 4.20. The fraction of sp³-hybridized carbons (Fsp3) is 0.381. The van der Waals surface area contributed by atoms with E-state index in [0.29, 0.717) is 12.1 Å². The Labute approximate surface area is 159 Å². The standard InChI is InChI=1S/C21H26N2O4/c1-14(24)17-11-18(22-12-17)20(26)27-15(2)19(25)23(21(3,4)5)13-16-9-7-6-8-10-16/h6-12,15,22H,13H2,1-5H3/t15-/m0/s1. The molecule has 1 heterocycles. The lowest BCUT2D eigenvalue weighted by molar-refractivity contribution is -0.145. The molecule has 1 amide bonds. The number of nitrogens with one attached hydrogen (secondary N) is 1. The number of hydrogen-bond acceptors (Lipinski definition) is 4. The van der Waals surface area contributed by atoms with Crippen LogP contribution >= 0.6 is 0 Å². The van der Waals surface area contributed by atoms with E-state index < -0.39 is 17.6 Å². The summed E-state index contributed by atoms with van der Waals surface area (Å²) >= 11 is 0. The van der Waals surface area contributed by atoms with E-state index in [4.69, 9.17) is 4.74 Å². The number of H-pyrrole nitrogens is 1. The largest absolute Gasteiger partial charge is 0.448 e. The van der Waals surface area contributed by atoms with Gasteiger partial charge in [0.25, 0.3) is 5.91 Å². The van der Waals surface area contributed by atoms with Crippen LogP contribution in [0.2, 0.25) is 0 Å². The maximum atomic E-state index is 13.0. The second kappa shape index (κ2) is 8.20. The number of aromatic nitrogens is 1. The number of carbonyl (C=O) groups excluding carboxylic acids is 3. The molecular formula is C21H26N2O4. The fourth-order valence-corrected chi connectivity index (χ4v) is 2.62. The number of esters is 1. The second-order valence-corrected chi connectivity index (χ2v) is 7.49. The molecule has 0 saturated heterocycles. The van der Waals surface area contributed by atoms with Crippen molar-refractivity contribution >= 4 is 17.7 Å². The summed E-state index contributed by atoms with van der Waals surface area (Å²) < 4.78 is 5.33. The highest BCUT2D eigenvalue weighted by atomic mass is 16.5. The molecule has 2 rings (SSSR count). The first-order valence-electron chi connectivity index (χ1n) is 8.85. The van der Waals surface area contributed by atoms with Crippen molar-refractivity contribution in [2.75, 3.05) is 0 Å². The van der Waals surface area contributed by atoms with Crippen molar-refractivity contribution in [2.24, 2.45) is 0 Å². The predicted molar refractivity (Wildman–Crippen MR) is 102 cm³/mol. The zero-order valence-electron chi connectivity index (χ0n) is 16.4. The van der Waals surface area contributed by atoms with E-state index in [2.05, 4.69) is 4.98 Å². The van der Waals surface area contributed by atoms with Gasteiger partial charge >= 0.3 is 5.97 Å². The number of carbonyl (C=O) groups is 3. The lowest BCUT2D eigenvalue weighted by Gasteiger charge is -2.37. The molecule has 0 unspecified atom stereocenters. The molecule has 0 bridgehead atoms. The van der Waals surface area contributed by atoms with E-state index >= 15 is 0 Å². The van der Waals surface area contributed by atoms with Gasteiger partial charge in [0, 0.05) is 23.8 Å². The van der Waals surface area contributed by atoms with Crippen LogP contribution in [0.1, 0.15) is 61.0 Å². The Bertz CT molecular complexity index is 818. The lowest BCUT2D eigenvalue weighted by atomic mass is 10.0. The average molecular weight is 370 g/mol. The third-order valence-corrected chi connectivity index (χ3v) is 4.20. The van der Waals surface area contributed by atoms with Gasteiger partial charge in [-0.15, -0.1) is 0 Å². The minimum atomic E-state index is -0.954. The molecule has 2 aromatic rings. The minimum Gasteiger partial charge on any atom is -0.448 e. The van der Waals surface area contributed by atoms with Gasteiger partial charge in [-0.2, -0.15) is 0 Å². The zero-order valence-corrected chi connectivity index (χ0v) is 16.4. The summed E-state index contributed by atoms with van der Waals surface area (Å²) in [6.45, 7) is 9.20. The third kappa shape index (κ3) is 5.29. The highest BCUT2D eigenvalue weighted by Gasteiger charge is 2.32. The van der Waals surface area contributed by atoms with Crippen molar-refractivity contribution in [2.45, 2.75) is 52.8 Å². The monoisotopic (exact) mass is 370 g/mol. The normalized spacial score (nSPS) is 12.3. The molecule has 0 fully saturated rings. The van der Waals surface area contributed by atoms with Gasteiger partial charge in [-0.05, 0) is 46.2 Å². The molecule has 6 heteroatoms. The Hall–Kier alpha value is -2.89.